The molecule has 0 saturated heterocycles. The molecule has 1 fully saturated rings. The Bertz CT molecular complexity index is 151. The van der Waals surface area contributed by atoms with Crippen LogP contribution in [0.2, 0.25) is 0 Å². The van der Waals surface area contributed by atoms with Crippen molar-refractivity contribution in [3.8, 4) is 0 Å². The molecule has 1 aliphatic rings. The van der Waals surface area contributed by atoms with Crippen LogP contribution in [0, 0.1) is 11.8 Å². The van der Waals surface area contributed by atoms with Gasteiger partial charge in [-0.1, -0.05) is 0 Å². The molecule has 0 heterocycles. The van der Waals surface area contributed by atoms with Gasteiger partial charge in [0.25, 0.3) is 0 Å². The van der Waals surface area contributed by atoms with Gasteiger partial charge < -0.3 is 10.8 Å². The van der Waals surface area contributed by atoms with Crippen LogP contribution in [0.4, 0.5) is 0 Å². The second-order valence-corrected chi connectivity index (χ2v) is 3.58. The highest BCUT2D eigenvalue weighted by Gasteiger charge is 2.24. The van der Waals surface area contributed by atoms with E-state index in [-0.39, 0.29) is 18.3 Å². The minimum absolute atomic E-state index is 0.00507. The van der Waals surface area contributed by atoms with Crippen LogP contribution in [-0.2, 0) is 4.79 Å². The molecule has 1 saturated carbocycles. The zero-order valence-corrected chi connectivity index (χ0v) is 7.33. The minimum Gasteiger partial charge on any atom is -0.389 e. The fraction of sp³-hybridized carbons (Fsp3) is 0.889. The first-order chi connectivity index (χ1) is 5.77. The molecule has 0 aromatic rings. The molecule has 3 nitrogen and oxygen atoms in total. The summed E-state index contributed by atoms with van der Waals surface area (Å²) in [6, 6.07) is 0. The number of carbonyl (C=O) groups excluding carboxylic acids is 1. The maximum atomic E-state index is 11.1. The van der Waals surface area contributed by atoms with E-state index in [1.807, 2.05) is 0 Å². The Morgan fingerprint density at radius 3 is 2.33 bits per heavy atom. The van der Waals surface area contributed by atoms with E-state index in [0.717, 1.165) is 32.2 Å². The van der Waals surface area contributed by atoms with Crippen LogP contribution in [0.1, 0.15) is 25.7 Å². The maximum Gasteiger partial charge on any atom is 0.161 e. The fourth-order valence-corrected chi connectivity index (χ4v) is 1.85. The third-order valence-corrected chi connectivity index (χ3v) is 2.79. The van der Waals surface area contributed by atoms with Gasteiger partial charge in [-0.3, -0.25) is 4.79 Å². The largest absolute Gasteiger partial charge is 0.389 e. The summed E-state index contributed by atoms with van der Waals surface area (Å²) in [7, 11) is 0. The maximum absolute atomic E-state index is 11.1. The van der Waals surface area contributed by atoms with Crippen molar-refractivity contribution < 1.29 is 9.90 Å². The highest BCUT2D eigenvalue weighted by Crippen LogP contribution is 2.28. The lowest BCUT2D eigenvalue weighted by molar-refractivity contribution is -0.126. The van der Waals surface area contributed by atoms with Crippen LogP contribution in [0.15, 0.2) is 0 Å². The van der Waals surface area contributed by atoms with E-state index in [1.165, 1.54) is 0 Å². The molecular weight excluding hydrogens is 154 g/mol. The predicted octanol–water partition coefficient (Wildman–Crippen LogP) is 0.313. The Kier molecular flexibility index (Phi) is 3.69. The summed E-state index contributed by atoms with van der Waals surface area (Å²) in [6.07, 6.45) is 3.93. The first-order valence-electron chi connectivity index (χ1n) is 4.61. The summed E-state index contributed by atoms with van der Waals surface area (Å²) in [4.78, 5) is 11.1. The van der Waals surface area contributed by atoms with Crippen molar-refractivity contribution >= 4 is 5.78 Å². The Morgan fingerprint density at radius 2 is 1.92 bits per heavy atom. The molecule has 0 atom stereocenters. The van der Waals surface area contributed by atoms with Crippen molar-refractivity contribution in [2.75, 3.05) is 13.2 Å². The monoisotopic (exact) mass is 171 g/mol. The van der Waals surface area contributed by atoms with E-state index >= 15 is 0 Å². The van der Waals surface area contributed by atoms with Gasteiger partial charge in [0, 0.05) is 5.92 Å². The van der Waals surface area contributed by atoms with Crippen molar-refractivity contribution in [1.29, 1.82) is 0 Å². The molecule has 0 aliphatic heterocycles. The Balaban J connectivity index is 2.30. The zero-order valence-electron chi connectivity index (χ0n) is 7.33. The lowest BCUT2D eigenvalue weighted by Gasteiger charge is -2.25. The van der Waals surface area contributed by atoms with E-state index in [1.54, 1.807) is 0 Å². The van der Waals surface area contributed by atoms with Gasteiger partial charge in [-0.05, 0) is 38.1 Å². The SMILES string of the molecule is NCC1CCC(C(=O)CO)CC1. The van der Waals surface area contributed by atoms with Gasteiger partial charge in [0.2, 0.25) is 0 Å². The summed E-state index contributed by atoms with van der Waals surface area (Å²) in [5.41, 5.74) is 5.52. The third-order valence-electron chi connectivity index (χ3n) is 2.79. The normalized spacial score (nSPS) is 30.2. The van der Waals surface area contributed by atoms with Gasteiger partial charge in [0.05, 0.1) is 0 Å². The lowest BCUT2D eigenvalue weighted by Crippen LogP contribution is -2.27. The number of nitrogens with two attached hydrogens (primary N) is 1. The highest BCUT2D eigenvalue weighted by molar-refractivity contribution is 5.81. The van der Waals surface area contributed by atoms with Crippen molar-refractivity contribution in [1.82, 2.24) is 0 Å². The minimum atomic E-state index is -0.294. The number of carbonyl (C=O) groups is 1. The quantitative estimate of drug-likeness (QED) is 0.642. The lowest BCUT2D eigenvalue weighted by atomic mass is 9.80. The van der Waals surface area contributed by atoms with Crippen molar-refractivity contribution in [3.63, 3.8) is 0 Å². The predicted molar refractivity (Wildman–Crippen MR) is 46.6 cm³/mol. The van der Waals surface area contributed by atoms with Crippen LogP contribution in [-0.4, -0.2) is 24.0 Å². The number of Topliss-reactive ketones (excluding diaryl/α,β-unsaturated/α-hetero) is 1. The summed E-state index contributed by atoms with van der Waals surface area (Å²) in [6.45, 7) is 0.442. The summed E-state index contributed by atoms with van der Waals surface area (Å²) >= 11 is 0. The number of ketones is 1. The molecule has 0 radical (unpaired) electrons. The van der Waals surface area contributed by atoms with Crippen molar-refractivity contribution in [2.45, 2.75) is 25.7 Å². The van der Waals surface area contributed by atoms with E-state index in [9.17, 15) is 4.79 Å². The summed E-state index contributed by atoms with van der Waals surface area (Å²) in [5.74, 6) is 0.719. The van der Waals surface area contributed by atoms with Crippen LogP contribution >= 0.6 is 0 Å². The van der Waals surface area contributed by atoms with Crippen LogP contribution < -0.4 is 5.73 Å². The van der Waals surface area contributed by atoms with Crippen molar-refractivity contribution in [3.05, 3.63) is 0 Å². The molecule has 12 heavy (non-hydrogen) atoms. The molecule has 3 heteroatoms. The molecule has 70 valence electrons. The zero-order chi connectivity index (χ0) is 8.97. The van der Waals surface area contributed by atoms with Crippen LogP contribution in [0.3, 0.4) is 0 Å². The highest BCUT2D eigenvalue weighted by atomic mass is 16.3. The molecule has 1 aliphatic carbocycles. The third kappa shape index (κ3) is 2.29. The molecule has 0 amide bonds. The molecule has 0 aromatic carbocycles. The smallest absolute Gasteiger partial charge is 0.161 e. The average Bonchev–Trinajstić information content (AvgIpc) is 2.17. The average molecular weight is 171 g/mol. The van der Waals surface area contributed by atoms with Crippen molar-refractivity contribution in [2.24, 2.45) is 17.6 Å². The van der Waals surface area contributed by atoms with Gasteiger partial charge in [-0.25, -0.2) is 0 Å². The number of aliphatic hydroxyl groups is 1. The number of aliphatic hydroxyl groups excluding tert-OH is 1. The molecule has 0 aromatic heterocycles. The van der Waals surface area contributed by atoms with E-state index in [0.29, 0.717) is 5.92 Å². The molecule has 0 bridgehead atoms. The van der Waals surface area contributed by atoms with Gasteiger partial charge in [0.1, 0.15) is 6.61 Å². The van der Waals surface area contributed by atoms with Crippen LogP contribution in [0.5, 0.6) is 0 Å². The van der Waals surface area contributed by atoms with E-state index < -0.39 is 0 Å². The fourth-order valence-electron chi connectivity index (χ4n) is 1.85. The van der Waals surface area contributed by atoms with Gasteiger partial charge >= 0.3 is 0 Å². The van der Waals surface area contributed by atoms with Gasteiger partial charge in [0.15, 0.2) is 5.78 Å². The molecule has 0 unspecified atom stereocenters. The van der Waals surface area contributed by atoms with Gasteiger partial charge in [-0.2, -0.15) is 0 Å². The van der Waals surface area contributed by atoms with E-state index in [2.05, 4.69) is 0 Å². The second kappa shape index (κ2) is 4.58. The first-order valence-corrected chi connectivity index (χ1v) is 4.61. The standard InChI is InChI=1S/C9H17NO2/c10-5-7-1-3-8(4-2-7)9(12)6-11/h7-8,11H,1-6,10H2. The number of hydrogen-bond acceptors (Lipinski definition) is 3. The summed E-state index contributed by atoms with van der Waals surface area (Å²) < 4.78 is 0. The molecule has 3 N–H and O–H groups in total. The number of rotatable bonds is 3. The Morgan fingerprint density at radius 1 is 1.33 bits per heavy atom. The summed E-state index contributed by atoms with van der Waals surface area (Å²) in [5, 5.41) is 8.64. The number of hydrogen-bond donors (Lipinski definition) is 2. The topological polar surface area (TPSA) is 63.3 Å². The molecule has 0 spiro atoms. The van der Waals surface area contributed by atoms with E-state index in [4.69, 9.17) is 10.8 Å². The molecule has 1 rings (SSSR count). The van der Waals surface area contributed by atoms with Gasteiger partial charge in [-0.15, -0.1) is 0 Å². The Labute approximate surface area is 72.9 Å². The van der Waals surface area contributed by atoms with Crippen LogP contribution in [0.25, 0.3) is 0 Å². The first kappa shape index (κ1) is 9.68. The second-order valence-electron chi connectivity index (χ2n) is 3.58. The molecular formula is C9H17NO2. The Hall–Kier alpha value is -0.410.